The van der Waals surface area contributed by atoms with Gasteiger partial charge in [-0.3, -0.25) is 4.79 Å². The molecule has 0 aliphatic rings. The third kappa shape index (κ3) is 5.37. The molecule has 1 aromatic heterocycles. The SMILES string of the molecule is COc1cc(OC)nc(C(=O)NS(=O)(=O)C/C(Cl)=C\Cl)n1. The first kappa shape index (κ1) is 17.5. The fraction of sp³-hybridized carbons (Fsp3) is 0.300. The molecule has 1 heterocycles. The minimum absolute atomic E-state index is 0.0445. The summed E-state index contributed by atoms with van der Waals surface area (Å²) >= 11 is 10.8. The van der Waals surface area contributed by atoms with Gasteiger partial charge in [0.25, 0.3) is 0 Å². The summed E-state index contributed by atoms with van der Waals surface area (Å²) in [5.74, 6) is -2.04. The van der Waals surface area contributed by atoms with Gasteiger partial charge in [-0.2, -0.15) is 9.97 Å². The van der Waals surface area contributed by atoms with Gasteiger partial charge in [0.1, 0.15) is 5.75 Å². The molecular formula is C10H11Cl2N3O5S. The molecule has 0 aliphatic heterocycles. The molecule has 11 heteroatoms. The molecule has 0 unspecified atom stereocenters. The second-order valence-electron chi connectivity index (χ2n) is 3.52. The van der Waals surface area contributed by atoms with Crippen LogP contribution in [-0.4, -0.2) is 44.3 Å². The van der Waals surface area contributed by atoms with Crippen molar-refractivity contribution in [3.05, 3.63) is 22.5 Å². The third-order valence-corrected chi connectivity index (χ3v) is 3.96. The second-order valence-corrected chi connectivity index (χ2v) is 5.95. The molecule has 1 aromatic rings. The lowest BCUT2D eigenvalue weighted by Crippen LogP contribution is -2.33. The zero-order valence-corrected chi connectivity index (χ0v) is 13.3. The van der Waals surface area contributed by atoms with E-state index in [4.69, 9.17) is 32.7 Å². The minimum atomic E-state index is -4.03. The van der Waals surface area contributed by atoms with Gasteiger partial charge in [0, 0.05) is 10.6 Å². The fourth-order valence-electron chi connectivity index (χ4n) is 1.15. The maximum atomic E-state index is 11.8. The summed E-state index contributed by atoms with van der Waals surface area (Å²) in [5, 5.41) is -0.152. The Bertz CT molecular complexity index is 640. The van der Waals surface area contributed by atoms with E-state index in [1.54, 1.807) is 4.72 Å². The number of carbonyl (C=O) groups excluding carboxylic acids is 1. The number of methoxy groups -OCH3 is 2. The summed E-state index contributed by atoms with van der Waals surface area (Å²) in [6.45, 7) is 0. The highest BCUT2D eigenvalue weighted by atomic mass is 35.5. The van der Waals surface area contributed by atoms with Crippen molar-refractivity contribution in [2.45, 2.75) is 0 Å². The molecule has 1 amide bonds. The molecule has 8 nitrogen and oxygen atoms in total. The van der Waals surface area contributed by atoms with Crippen LogP contribution in [0.15, 0.2) is 16.6 Å². The van der Waals surface area contributed by atoms with Crippen LogP contribution in [0, 0.1) is 0 Å². The Morgan fingerprint density at radius 3 is 2.29 bits per heavy atom. The highest BCUT2D eigenvalue weighted by Crippen LogP contribution is 2.15. The number of nitrogens with zero attached hydrogens (tertiary/aromatic N) is 2. The van der Waals surface area contributed by atoms with Gasteiger partial charge in [0.05, 0.1) is 20.3 Å². The number of hydrogen-bond donors (Lipinski definition) is 1. The van der Waals surface area contributed by atoms with Gasteiger partial charge in [-0.25, -0.2) is 13.1 Å². The van der Waals surface area contributed by atoms with E-state index in [1.165, 1.54) is 20.3 Å². The van der Waals surface area contributed by atoms with Crippen molar-refractivity contribution in [1.29, 1.82) is 0 Å². The number of rotatable bonds is 6. The van der Waals surface area contributed by atoms with Gasteiger partial charge in [-0.1, -0.05) is 23.2 Å². The second kappa shape index (κ2) is 7.43. The van der Waals surface area contributed by atoms with Gasteiger partial charge in [-0.05, 0) is 0 Å². The Labute approximate surface area is 131 Å². The number of hydrogen-bond acceptors (Lipinski definition) is 7. The summed E-state index contributed by atoms with van der Waals surface area (Å²) in [5.41, 5.74) is 0.885. The van der Waals surface area contributed by atoms with Gasteiger partial charge >= 0.3 is 5.91 Å². The van der Waals surface area contributed by atoms with Crippen LogP contribution in [0.1, 0.15) is 10.6 Å². The first-order valence-electron chi connectivity index (χ1n) is 5.28. The molecule has 0 bridgehead atoms. The Kier molecular flexibility index (Phi) is 6.19. The summed E-state index contributed by atoms with van der Waals surface area (Å²) in [4.78, 5) is 19.3. The van der Waals surface area contributed by atoms with E-state index in [1.807, 2.05) is 0 Å². The Balaban J connectivity index is 2.99. The van der Waals surface area contributed by atoms with Gasteiger partial charge < -0.3 is 9.47 Å². The fourth-order valence-corrected chi connectivity index (χ4v) is 2.64. The standard InChI is InChI=1S/C10H11Cl2N3O5S/c1-19-7-3-8(20-2)14-9(13-7)10(16)15-21(17,18)5-6(12)4-11/h3-4H,5H2,1-2H3,(H,15,16)/b6-4+. The van der Waals surface area contributed by atoms with Gasteiger partial charge in [0.15, 0.2) is 0 Å². The molecule has 0 aromatic carbocycles. The lowest BCUT2D eigenvalue weighted by Gasteiger charge is -2.07. The van der Waals surface area contributed by atoms with E-state index < -0.39 is 27.5 Å². The maximum Gasteiger partial charge on any atom is 0.302 e. The molecule has 0 aliphatic carbocycles. The summed E-state index contributed by atoms with van der Waals surface area (Å²) in [6.07, 6.45) is 0. The molecule has 0 saturated carbocycles. The van der Waals surface area contributed by atoms with E-state index in [0.29, 0.717) is 0 Å². The minimum Gasteiger partial charge on any atom is -0.481 e. The first-order chi connectivity index (χ1) is 9.81. The van der Waals surface area contributed by atoms with Gasteiger partial charge in [-0.15, -0.1) is 0 Å². The average Bonchev–Trinajstić information content (AvgIpc) is 2.45. The van der Waals surface area contributed by atoms with Crippen LogP contribution in [-0.2, 0) is 10.0 Å². The molecule has 116 valence electrons. The van der Waals surface area contributed by atoms with E-state index in [2.05, 4.69) is 9.97 Å². The van der Waals surface area contributed by atoms with Crippen molar-refractivity contribution in [3.63, 3.8) is 0 Å². The number of aromatic nitrogens is 2. The number of halogens is 2. The molecule has 0 atom stereocenters. The van der Waals surface area contributed by atoms with Crippen molar-refractivity contribution in [3.8, 4) is 11.8 Å². The predicted molar refractivity (Wildman–Crippen MR) is 76.2 cm³/mol. The number of amides is 1. The van der Waals surface area contributed by atoms with Crippen LogP contribution in [0.5, 0.6) is 11.8 Å². The van der Waals surface area contributed by atoms with Crippen LogP contribution >= 0.6 is 23.2 Å². The zero-order chi connectivity index (χ0) is 16.0. The van der Waals surface area contributed by atoms with Crippen LogP contribution < -0.4 is 14.2 Å². The molecule has 0 radical (unpaired) electrons. The summed E-state index contributed by atoms with van der Waals surface area (Å²) in [6, 6.07) is 1.33. The molecule has 0 saturated heterocycles. The zero-order valence-electron chi connectivity index (χ0n) is 11.0. The molecule has 0 spiro atoms. The Morgan fingerprint density at radius 1 is 1.33 bits per heavy atom. The van der Waals surface area contributed by atoms with E-state index in [-0.39, 0.29) is 16.8 Å². The number of carbonyl (C=O) groups is 1. The Morgan fingerprint density at radius 2 is 1.86 bits per heavy atom. The summed E-state index contributed by atoms with van der Waals surface area (Å²) in [7, 11) is -1.38. The number of ether oxygens (including phenoxy) is 2. The Hall–Kier alpha value is -1.58. The molecule has 1 N–H and O–H groups in total. The van der Waals surface area contributed by atoms with Crippen molar-refractivity contribution in [2.24, 2.45) is 0 Å². The van der Waals surface area contributed by atoms with Crippen LogP contribution in [0.2, 0.25) is 0 Å². The van der Waals surface area contributed by atoms with Crippen LogP contribution in [0.3, 0.4) is 0 Å². The molecule has 0 fully saturated rings. The van der Waals surface area contributed by atoms with Crippen molar-refractivity contribution >= 4 is 39.1 Å². The molecular weight excluding hydrogens is 345 g/mol. The predicted octanol–water partition coefficient (Wildman–Crippen LogP) is 0.872. The smallest absolute Gasteiger partial charge is 0.302 e. The van der Waals surface area contributed by atoms with E-state index in [9.17, 15) is 13.2 Å². The highest BCUT2D eigenvalue weighted by molar-refractivity contribution is 7.90. The molecule has 21 heavy (non-hydrogen) atoms. The van der Waals surface area contributed by atoms with Crippen molar-refractivity contribution in [2.75, 3.05) is 20.0 Å². The highest BCUT2D eigenvalue weighted by Gasteiger charge is 2.21. The largest absolute Gasteiger partial charge is 0.481 e. The average molecular weight is 356 g/mol. The van der Waals surface area contributed by atoms with E-state index >= 15 is 0 Å². The van der Waals surface area contributed by atoms with Crippen molar-refractivity contribution in [1.82, 2.24) is 14.7 Å². The topological polar surface area (TPSA) is 107 Å². The van der Waals surface area contributed by atoms with Crippen LogP contribution in [0.25, 0.3) is 0 Å². The number of sulfonamides is 1. The first-order valence-corrected chi connectivity index (χ1v) is 7.74. The lowest BCUT2D eigenvalue weighted by atomic mass is 10.5. The third-order valence-electron chi connectivity index (χ3n) is 2.00. The molecule has 1 rings (SSSR count). The van der Waals surface area contributed by atoms with Crippen LogP contribution in [0.4, 0.5) is 0 Å². The van der Waals surface area contributed by atoms with E-state index in [0.717, 1.165) is 5.54 Å². The quantitative estimate of drug-likeness (QED) is 0.806. The maximum absolute atomic E-state index is 11.8. The van der Waals surface area contributed by atoms with Gasteiger partial charge in [0.2, 0.25) is 27.6 Å². The van der Waals surface area contributed by atoms with Crippen molar-refractivity contribution < 1.29 is 22.7 Å². The monoisotopic (exact) mass is 355 g/mol. The number of nitrogens with one attached hydrogen (secondary N) is 1. The lowest BCUT2D eigenvalue weighted by molar-refractivity contribution is 0.0969. The summed E-state index contributed by atoms with van der Waals surface area (Å²) < 4.78 is 34.8. The normalized spacial score (nSPS) is 11.9.